The second-order valence-corrected chi connectivity index (χ2v) is 7.17. The molecule has 1 saturated heterocycles. The third kappa shape index (κ3) is 1.43. The maximum atomic E-state index is 14.5. The Morgan fingerprint density at radius 2 is 2.17 bits per heavy atom. The van der Waals surface area contributed by atoms with Gasteiger partial charge in [-0.05, 0) is 30.7 Å². The topological polar surface area (TPSA) is 104 Å². The Morgan fingerprint density at radius 1 is 1.42 bits per heavy atom. The van der Waals surface area contributed by atoms with E-state index in [-0.39, 0.29) is 24.1 Å². The normalized spacial score (nSPS) is 42.3. The van der Waals surface area contributed by atoms with Crippen LogP contribution in [0.25, 0.3) is 0 Å². The van der Waals surface area contributed by atoms with Crippen LogP contribution in [0, 0.1) is 39.3 Å². The van der Waals surface area contributed by atoms with E-state index in [4.69, 9.17) is 15.2 Å². The largest absolute Gasteiger partial charge is 0.386 e. The molecule has 0 aromatic heterocycles. The number of rotatable bonds is 1. The summed E-state index contributed by atoms with van der Waals surface area (Å²) in [5, 5.41) is 19.8. The predicted octanol–water partition coefficient (Wildman–Crippen LogP) is 2.17. The van der Waals surface area contributed by atoms with Crippen molar-refractivity contribution in [2.45, 2.75) is 24.9 Å². The quantitative estimate of drug-likeness (QED) is 0.790. The van der Waals surface area contributed by atoms with Gasteiger partial charge in [-0.2, -0.15) is 10.5 Å². The van der Waals surface area contributed by atoms with Crippen molar-refractivity contribution in [3.05, 3.63) is 34.1 Å². The van der Waals surface area contributed by atoms with Gasteiger partial charge in [0.05, 0.1) is 24.8 Å². The van der Waals surface area contributed by atoms with Crippen molar-refractivity contribution >= 4 is 21.8 Å². The summed E-state index contributed by atoms with van der Waals surface area (Å²) in [5.74, 6) is -3.05. The molecule has 1 aromatic carbocycles. The van der Waals surface area contributed by atoms with E-state index in [2.05, 4.69) is 33.1 Å². The van der Waals surface area contributed by atoms with Gasteiger partial charge in [0.1, 0.15) is 17.1 Å². The van der Waals surface area contributed by atoms with E-state index in [9.17, 15) is 14.9 Å². The van der Waals surface area contributed by atoms with Crippen LogP contribution in [-0.2, 0) is 9.47 Å². The third-order valence-electron chi connectivity index (χ3n) is 5.07. The number of nitriles is 2. The zero-order valence-corrected chi connectivity index (χ0v) is 14.2. The van der Waals surface area contributed by atoms with Crippen molar-refractivity contribution in [3.8, 4) is 12.1 Å². The SMILES string of the molecule is CC1COC2(N=C(N)C3(C#N)C(c4cc(Br)ccc4F)C23C#N)O1. The van der Waals surface area contributed by atoms with Crippen LogP contribution in [0.5, 0.6) is 0 Å². The fourth-order valence-corrected chi connectivity index (χ4v) is 4.44. The number of nitrogens with zero attached hydrogens (tertiary/aromatic N) is 3. The lowest BCUT2D eigenvalue weighted by atomic mass is 9.94. The van der Waals surface area contributed by atoms with Crippen molar-refractivity contribution in [1.82, 2.24) is 0 Å². The number of halogens is 2. The van der Waals surface area contributed by atoms with Crippen LogP contribution >= 0.6 is 15.9 Å². The minimum Gasteiger partial charge on any atom is -0.386 e. The Morgan fingerprint density at radius 3 is 2.75 bits per heavy atom. The van der Waals surface area contributed by atoms with E-state index in [1.54, 1.807) is 19.1 Å². The van der Waals surface area contributed by atoms with E-state index >= 15 is 0 Å². The summed E-state index contributed by atoms with van der Waals surface area (Å²) in [7, 11) is 0. The molecule has 3 aliphatic rings. The lowest BCUT2D eigenvalue weighted by Gasteiger charge is -2.26. The molecule has 8 heteroatoms. The zero-order chi connectivity index (χ0) is 17.3. The summed E-state index contributed by atoms with van der Waals surface area (Å²) in [6.45, 7) is 1.99. The van der Waals surface area contributed by atoms with Gasteiger partial charge in [0.15, 0.2) is 5.41 Å². The van der Waals surface area contributed by atoms with Crippen LogP contribution in [-0.4, -0.2) is 24.5 Å². The first-order valence-electron chi connectivity index (χ1n) is 7.33. The molecule has 2 aliphatic heterocycles. The van der Waals surface area contributed by atoms with Gasteiger partial charge in [0.25, 0.3) is 5.91 Å². The van der Waals surface area contributed by atoms with Gasteiger partial charge >= 0.3 is 0 Å². The van der Waals surface area contributed by atoms with Crippen LogP contribution in [0.15, 0.2) is 27.7 Å². The van der Waals surface area contributed by atoms with Crippen LogP contribution < -0.4 is 5.73 Å². The highest BCUT2D eigenvalue weighted by molar-refractivity contribution is 9.10. The standard InChI is InChI=1S/C16H12BrFN4O2/c1-8-5-23-16(24-8)15(7-20)12(14(15,6-19)13(21)22-16)10-4-9(17)2-3-11(10)18/h2-4,8,12H,5H2,1H3,(H2,21,22). The minimum atomic E-state index is -1.67. The first-order valence-corrected chi connectivity index (χ1v) is 8.13. The van der Waals surface area contributed by atoms with Crippen molar-refractivity contribution < 1.29 is 13.9 Å². The zero-order valence-electron chi connectivity index (χ0n) is 12.6. The number of benzene rings is 1. The molecule has 0 radical (unpaired) electrons. The molecule has 1 aliphatic carbocycles. The monoisotopic (exact) mass is 390 g/mol. The molecule has 1 saturated carbocycles. The molecular weight excluding hydrogens is 379 g/mol. The van der Waals surface area contributed by atoms with E-state index in [1.165, 1.54) is 6.07 Å². The van der Waals surface area contributed by atoms with Gasteiger partial charge < -0.3 is 15.2 Å². The maximum Gasteiger partial charge on any atom is 0.293 e. The van der Waals surface area contributed by atoms with Crippen LogP contribution in [0.4, 0.5) is 4.39 Å². The lowest BCUT2D eigenvalue weighted by Crippen LogP contribution is -2.39. The van der Waals surface area contributed by atoms with Gasteiger partial charge in [-0.3, -0.25) is 0 Å². The molecule has 24 heavy (non-hydrogen) atoms. The molecule has 1 aromatic rings. The highest BCUT2D eigenvalue weighted by Gasteiger charge is 2.94. The van der Waals surface area contributed by atoms with Gasteiger partial charge in [-0.15, -0.1) is 0 Å². The summed E-state index contributed by atoms with van der Waals surface area (Å²) in [5.41, 5.74) is 3.27. The molecule has 5 unspecified atom stereocenters. The Hall–Kier alpha value is -2.00. The average molecular weight is 391 g/mol. The molecule has 4 rings (SSSR count). The highest BCUT2D eigenvalue weighted by atomic mass is 79.9. The fourth-order valence-electron chi connectivity index (χ4n) is 4.06. The molecule has 0 bridgehead atoms. The molecular formula is C16H12BrFN4O2. The minimum absolute atomic E-state index is 0.0509. The van der Waals surface area contributed by atoms with Crippen molar-refractivity contribution in [3.63, 3.8) is 0 Å². The van der Waals surface area contributed by atoms with E-state index < -0.39 is 28.5 Å². The Balaban J connectivity index is 1.96. The summed E-state index contributed by atoms with van der Waals surface area (Å²) in [4.78, 5) is 4.19. The number of fused-ring (bicyclic) bond motifs is 2. The first kappa shape index (κ1) is 15.5. The van der Waals surface area contributed by atoms with Gasteiger partial charge in [-0.25, -0.2) is 9.38 Å². The average Bonchev–Trinajstić information content (AvgIpc) is 2.93. The Bertz CT molecular complexity index is 878. The molecule has 5 atom stereocenters. The number of ether oxygens (including phenoxy) is 2. The molecule has 2 fully saturated rings. The molecule has 122 valence electrons. The van der Waals surface area contributed by atoms with E-state index in [1.807, 2.05) is 0 Å². The number of hydrogen-bond donors (Lipinski definition) is 1. The number of amidine groups is 1. The maximum absolute atomic E-state index is 14.5. The Labute approximate surface area is 145 Å². The molecule has 1 spiro atoms. The predicted molar refractivity (Wildman–Crippen MR) is 83.8 cm³/mol. The van der Waals surface area contributed by atoms with Crippen molar-refractivity contribution in [2.24, 2.45) is 21.6 Å². The second-order valence-electron chi connectivity index (χ2n) is 6.26. The first-order chi connectivity index (χ1) is 11.4. The van der Waals surface area contributed by atoms with Gasteiger partial charge in [-0.1, -0.05) is 15.9 Å². The number of hydrogen-bond acceptors (Lipinski definition) is 6. The van der Waals surface area contributed by atoms with E-state index in [0.717, 1.165) is 0 Å². The molecule has 6 nitrogen and oxygen atoms in total. The molecule has 2 heterocycles. The van der Waals surface area contributed by atoms with Crippen LogP contribution in [0.1, 0.15) is 18.4 Å². The van der Waals surface area contributed by atoms with Gasteiger partial charge in [0.2, 0.25) is 0 Å². The van der Waals surface area contributed by atoms with Gasteiger partial charge in [0, 0.05) is 10.4 Å². The number of nitrogens with two attached hydrogens (primary N) is 1. The third-order valence-corrected chi connectivity index (χ3v) is 5.56. The Kier molecular flexibility index (Phi) is 2.94. The lowest BCUT2D eigenvalue weighted by molar-refractivity contribution is -0.193. The molecule has 2 N–H and O–H groups in total. The van der Waals surface area contributed by atoms with Crippen molar-refractivity contribution in [1.29, 1.82) is 10.5 Å². The fraction of sp³-hybridized carbons (Fsp3) is 0.438. The van der Waals surface area contributed by atoms with Crippen molar-refractivity contribution in [2.75, 3.05) is 6.61 Å². The summed E-state index contributed by atoms with van der Waals surface area (Å²) in [6, 6.07) is 8.61. The summed E-state index contributed by atoms with van der Waals surface area (Å²) < 4.78 is 26.6. The van der Waals surface area contributed by atoms with Crippen LogP contribution in [0.2, 0.25) is 0 Å². The number of aliphatic imine (C=N–C) groups is 1. The smallest absolute Gasteiger partial charge is 0.293 e. The second kappa shape index (κ2) is 4.54. The summed E-state index contributed by atoms with van der Waals surface area (Å²) >= 11 is 3.29. The summed E-state index contributed by atoms with van der Waals surface area (Å²) in [6.07, 6.45) is -0.310. The molecule has 0 amide bonds. The van der Waals surface area contributed by atoms with E-state index in [0.29, 0.717) is 4.47 Å². The highest BCUT2D eigenvalue weighted by Crippen LogP contribution is 2.82. The van der Waals surface area contributed by atoms with Crippen LogP contribution in [0.3, 0.4) is 0 Å².